The first kappa shape index (κ1) is 14.6. The normalized spacial score (nSPS) is 26.1. The van der Waals surface area contributed by atoms with Gasteiger partial charge in [0.25, 0.3) is 5.88 Å². The fourth-order valence-electron chi connectivity index (χ4n) is 2.93. The smallest absolute Gasteiger partial charge is 0.331 e. The van der Waals surface area contributed by atoms with Gasteiger partial charge in [-0.05, 0) is 37.2 Å². The Balaban J connectivity index is 2.20. The van der Waals surface area contributed by atoms with E-state index in [1.807, 2.05) is 0 Å². The van der Waals surface area contributed by atoms with E-state index in [2.05, 4.69) is 24.1 Å². The molecule has 1 aromatic rings. The van der Waals surface area contributed by atoms with Gasteiger partial charge in [0.05, 0.1) is 4.92 Å². The number of ether oxygens (including phenoxy) is 1. The van der Waals surface area contributed by atoms with Crippen molar-refractivity contribution in [3.63, 3.8) is 0 Å². The molecule has 20 heavy (non-hydrogen) atoms. The number of aromatic nitrogens is 1. The first-order valence-corrected chi connectivity index (χ1v) is 6.99. The molecule has 0 spiro atoms. The van der Waals surface area contributed by atoms with Gasteiger partial charge in [-0.15, -0.1) is 0 Å². The molecule has 0 saturated heterocycles. The Morgan fingerprint density at radius 2 is 1.95 bits per heavy atom. The fraction of sp³-hybridized carbons (Fsp3) is 0.643. The number of hydrogen-bond acceptors (Lipinski definition) is 5. The van der Waals surface area contributed by atoms with Gasteiger partial charge >= 0.3 is 5.69 Å². The summed E-state index contributed by atoms with van der Waals surface area (Å²) in [6.45, 7) is 4.38. The van der Waals surface area contributed by atoms with Crippen LogP contribution in [0.15, 0.2) is 12.1 Å². The minimum Gasteiger partial charge on any atom is -0.469 e. The standard InChI is InChI=1S/C14H21N3O3/c1-9-6-10(2)8-11(7-9)20-14-12(17(18)19)4-5-13(15-3)16-14/h4-5,9-11H,6-8H2,1-3H3,(H,15,16). The van der Waals surface area contributed by atoms with Crippen LogP contribution in [-0.4, -0.2) is 23.1 Å². The zero-order valence-corrected chi connectivity index (χ0v) is 12.1. The number of pyridine rings is 1. The Hall–Kier alpha value is -1.85. The number of anilines is 1. The molecule has 1 aliphatic rings. The Bertz CT molecular complexity index is 483. The molecule has 0 radical (unpaired) electrons. The van der Waals surface area contributed by atoms with Crippen molar-refractivity contribution < 1.29 is 9.66 Å². The Labute approximate surface area is 118 Å². The molecule has 0 aliphatic heterocycles. The van der Waals surface area contributed by atoms with Crippen molar-refractivity contribution in [2.75, 3.05) is 12.4 Å². The molecule has 1 saturated carbocycles. The van der Waals surface area contributed by atoms with Gasteiger partial charge in [-0.25, -0.2) is 0 Å². The largest absolute Gasteiger partial charge is 0.469 e. The van der Waals surface area contributed by atoms with Crippen molar-refractivity contribution in [2.45, 2.75) is 39.2 Å². The van der Waals surface area contributed by atoms with Crippen LogP contribution in [0.3, 0.4) is 0 Å². The number of nitrogens with one attached hydrogen (secondary N) is 1. The lowest BCUT2D eigenvalue weighted by atomic mass is 9.82. The quantitative estimate of drug-likeness (QED) is 0.676. The van der Waals surface area contributed by atoms with E-state index < -0.39 is 4.92 Å². The maximum absolute atomic E-state index is 11.1. The van der Waals surface area contributed by atoms with Crippen LogP contribution in [-0.2, 0) is 0 Å². The highest BCUT2D eigenvalue weighted by molar-refractivity contribution is 5.48. The average molecular weight is 279 g/mol. The van der Waals surface area contributed by atoms with Crippen LogP contribution in [0.4, 0.5) is 11.5 Å². The van der Waals surface area contributed by atoms with Gasteiger partial charge in [-0.3, -0.25) is 10.1 Å². The summed E-state index contributed by atoms with van der Waals surface area (Å²) >= 11 is 0. The average Bonchev–Trinajstić information content (AvgIpc) is 2.37. The van der Waals surface area contributed by atoms with Crippen molar-refractivity contribution in [3.8, 4) is 5.88 Å². The highest BCUT2D eigenvalue weighted by Gasteiger charge is 2.28. The topological polar surface area (TPSA) is 77.3 Å². The van der Waals surface area contributed by atoms with Crippen molar-refractivity contribution in [1.82, 2.24) is 4.98 Å². The number of rotatable bonds is 4. The number of nitro groups is 1. The molecule has 6 heteroatoms. The van der Waals surface area contributed by atoms with E-state index in [4.69, 9.17) is 4.74 Å². The number of hydrogen-bond donors (Lipinski definition) is 1. The van der Waals surface area contributed by atoms with Crippen molar-refractivity contribution in [2.24, 2.45) is 11.8 Å². The molecule has 0 aromatic carbocycles. The Morgan fingerprint density at radius 3 is 2.50 bits per heavy atom. The van der Waals surface area contributed by atoms with Gasteiger partial charge in [-0.2, -0.15) is 4.98 Å². The van der Waals surface area contributed by atoms with E-state index >= 15 is 0 Å². The highest BCUT2D eigenvalue weighted by atomic mass is 16.6. The summed E-state index contributed by atoms with van der Waals surface area (Å²) in [7, 11) is 1.72. The van der Waals surface area contributed by atoms with Gasteiger partial charge in [0.2, 0.25) is 0 Å². The van der Waals surface area contributed by atoms with Gasteiger partial charge in [0.15, 0.2) is 0 Å². The van der Waals surface area contributed by atoms with Gasteiger partial charge in [-0.1, -0.05) is 13.8 Å². The van der Waals surface area contributed by atoms with Crippen molar-refractivity contribution in [1.29, 1.82) is 0 Å². The molecule has 1 N–H and O–H groups in total. The summed E-state index contributed by atoms with van der Waals surface area (Å²) in [4.78, 5) is 14.8. The third-order valence-electron chi connectivity index (χ3n) is 3.71. The summed E-state index contributed by atoms with van der Waals surface area (Å²) < 4.78 is 5.84. The van der Waals surface area contributed by atoms with Gasteiger partial charge < -0.3 is 10.1 Å². The molecule has 1 aliphatic carbocycles. The highest BCUT2D eigenvalue weighted by Crippen LogP contribution is 2.34. The summed E-state index contributed by atoms with van der Waals surface area (Å²) in [5.74, 6) is 1.85. The molecule has 1 fully saturated rings. The molecule has 0 bridgehead atoms. The zero-order valence-electron chi connectivity index (χ0n) is 12.1. The third kappa shape index (κ3) is 3.37. The molecule has 0 amide bonds. The summed E-state index contributed by atoms with van der Waals surface area (Å²) in [6.07, 6.45) is 3.04. The van der Waals surface area contributed by atoms with Crippen molar-refractivity contribution in [3.05, 3.63) is 22.2 Å². The van der Waals surface area contributed by atoms with E-state index in [1.165, 1.54) is 12.5 Å². The van der Waals surface area contributed by atoms with E-state index in [0.29, 0.717) is 17.7 Å². The van der Waals surface area contributed by atoms with Crippen LogP contribution in [0.1, 0.15) is 33.1 Å². The monoisotopic (exact) mass is 279 g/mol. The Morgan fingerprint density at radius 1 is 1.30 bits per heavy atom. The lowest BCUT2D eigenvalue weighted by molar-refractivity contribution is -0.386. The van der Waals surface area contributed by atoms with Crippen LogP contribution in [0.25, 0.3) is 0 Å². The maximum atomic E-state index is 11.1. The molecule has 1 aromatic heterocycles. The zero-order chi connectivity index (χ0) is 14.7. The lowest BCUT2D eigenvalue weighted by Gasteiger charge is -2.31. The predicted molar refractivity (Wildman–Crippen MR) is 77.0 cm³/mol. The Kier molecular flexibility index (Phi) is 4.42. The third-order valence-corrected chi connectivity index (χ3v) is 3.71. The molecular weight excluding hydrogens is 258 g/mol. The summed E-state index contributed by atoms with van der Waals surface area (Å²) in [6, 6.07) is 3.01. The first-order chi connectivity index (χ1) is 9.49. The van der Waals surface area contributed by atoms with E-state index in [0.717, 1.165) is 12.8 Å². The van der Waals surface area contributed by atoms with Gasteiger partial charge in [0.1, 0.15) is 11.9 Å². The second-order valence-corrected chi connectivity index (χ2v) is 5.69. The van der Waals surface area contributed by atoms with Crippen LogP contribution < -0.4 is 10.1 Å². The molecule has 2 unspecified atom stereocenters. The van der Waals surface area contributed by atoms with Crippen molar-refractivity contribution >= 4 is 11.5 Å². The minimum absolute atomic E-state index is 0.00653. The van der Waals surface area contributed by atoms with E-state index in [9.17, 15) is 10.1 Å². The molecule has 1 heterocycles. The second-order valence-electron chi connectivity index (χ2n) is 5.69. The summed E-state index contributed by atoms with van der Waals surface area (Å²) in [5, 5.41) is 13.9. The number of nitrogens with zero attached hydrogens (tertiary/aromatic N) is 2. The lowest BCUT2D eigenvalue weighted by Crippen LogP contribution is -2.29. The molecule has 2 atom stereocenters. The maximum Gasteiger partial charge on any atom is 0.331 e. The van der Waals surface area contributed by atoms with Crippen LogP contribution in [0, 0.1) is 22.0 Å². The molecule has 6 nitrogen and oxygen atoms in total. The molecule has 2 rings (SSSR count). The predicted octanol–water partition coefficient (Wildman–Crippen LogP) is 3.24. The fourth-order valence-corrected chi connectivity index (χ4v) is 2.93. The molecular formula is C14H21N3O3. The minimum atomic E-state index is -0.447. The van der Waals surface area contributed by atoms with E-state index in [1.54, 1.807) is 13.1 Å². The first-order valence-electron chi connectivity index (χ1n) is 6.99. The van der Waals surface area contributed by atoms with Gasteiger partial charge in [0, 0.05) is 13.1 Å². The SMILES string of the molecule is CNc1ccc([N+](=O)[O-])c(OC2CC(C)CC(C)C2)n1. The summed E-state index contributed by atoms with van der Waals surface area (Å²) in [5.41, 5.74) is -0.0742. The van der Waals surface area contributed by atoms with Crippen LogP contribution >= 0.6 is 0 Å². The van der Waals surface area contributed by atoms with E-state index in [-0.39, 0.29) is 17.7 Å². The second kappa shape index (κ2) is 6.07. The molecule has 110 valence electrons. The van der Waals surface area contributed by atoms with Crippen LogP contribution in [0.5, 0.6) is 5.88 Å². The van der Waals surface area contributed by atoms with Crippen LogP contribution in [0.2, 0.25) is 0 Å².